The quantitative estimate of drug-likeness (QED) is 0.0798. The van der Waals surface area contributed by atoms with Crippen molar-refractivity contribution in [1.82, 2.24) is 14.9 Å². The molecular weight excluding hydrogens is 634 g/mol. The van der Waals surface area contributed by atoms with Crippen LogP contribution in [0.1, 0.15) is 69.9 Å². The highest BCUT2D eigenvalue weighted by molar-refractivity contribution is 6.79. The lowest BCUT2D eigenvalue weighted by Gasteiger charge is -2.43. The van der Waals surface area contributed by atoms with Gasteiger partial charge in [-0.3, -0.25) is 14.4 Å². The SMILES string of the molecule is C=CC[Si](C)(C)C1OC(=O)C(CC)(OC(=O)CCNC(=O)OC(C)(C)C)c2cc3n(c(=O)c21)Cc1cc2cc(OC(C)=O)ccc2nc1-3. The van der Waals surface area contributed by atoms with Gasteiger partial charge in [0.25, 0.3) is 5.56 Å². The Bertz CT molecular complexity index is 1910. The number of ether oxygens (including phenoxy) is 4. The number of carbonyl (C=O) groups is 4. The molecule has 4 heterocycles. The number of aromatic nitrogens is 2. The molecule has 13 heteroatoms. The first kappa shape index (κ1) is 34.5. The Morgan fingerprint density at radius 2 is 1.92 bits per heavy atom. The van der Waals surface area contributed by atoms with Crippen LogP contribution in [0.4, 0.5) is 4.79 Å². The van der Waals surface area contributed by atoms with Crippen molar-refractivity contribution >= 4 is 43.0 Å². The molecule has 2 atom stereocenters. The van der Waals surface area contributed by atoms with Gasteiger partial charge in [-0.05, 0) is 63.6 Å². The van der Waals surface area contributed by atoms with Crippen molar-refractivity contribution < 1.29 is 38.1 Å². The first-order valence-corrected chi connectivity index (χ1v) is 19.2. The molecule has 2 aliphatic heterocycles. The summed E-state index contributed by atoms with van der Waals surface area (Å²) in [5, 5.41) is 3.25. The Morgan fingerprint density at radius 3 is 2.56 bits per heavy atom. The predicted octanol–water partition coefficient (Wildman–Crippen LogP) is 5.45. The molecule has 0 radical (unpaired) electrons. The van der Waals surface area contributed by atoms with E-state index in [4.69, 9.17) is 23.9 Å². The second-order valence-electron chi connectivity index (χ2n) is 13.8. The zero-order valence-electron chi connectivity index (χ0n) is 28.4. The third-order valence-electron chi connectivity index (χ3n) is 8.45. The molecule has 1 amide bonds. The fourth-order valence-electron chi connectivity index (χ4n) is 6.27. The molecule has 1 N–H and O–H groups in total. The number of rotatable bonds is 9. The van der Waals surface area contributed by atoms with Crippen LogP contribution in [-0.2, 0) is 40.7 Å². The molecule has 0 bridgehead atoms. The van der Waals surface area contributed by atoms with Gasteiger partial charge in [-0.25, -0.2) is 14.6 Å². The number of carbonyl (C=O) groups excluding carboxylic acids is 4. The van der Waals surface area contributed by atoms with Crippen molar-refractivity contribution in [2.75, 3.05) is 6.54 Å². The molecule has 0 saturated heterocycles. The summed E-state index contributed by atoms with van der Waals surface area (Å²) in [5.74, 6) is -1.58. The van der Waals surface area contributed by atoms with Crippen molar-refractivity contribution in [2.45, 2.75) is 90.1 Å². The molecule has 48 heavy (non-hydrogen) atoms. The van der Waals surface area contributed by atoms with E-state index in [2.05, 4.69) is 11.9 Å². The summed E-state index contributed by atoms with van der Waals surface area (Å²) >= 11 is 0. The molecule has 3 aromatic rings. The van der Waals surface area contributed by atoms with Gasteiger partial charge in [0.1, 0.15) is 25.2 Å². The maximum Gasteiger partial charge on any atom is 0.407 e. The number of alkyl carbamates (subject to hydrolysis) is 1. The van der Waals surface area contributed by atoms with E-state index in [-0.39, 0.29) is 42.6 Å². The number of nitrogens with zero attached hydrogens (tertiary/aromatic N) is 2. The van der Waals surface area contributed by atoms with Crippen LogP contribution in [0.5, 0.6) is 5.75 Å². The number of allylic oxidation sites excluding steroid dienone is 1. The van der Waals surface area contributed by atoms with Crippen LogP contribution in [0.3, 0.4) is 0 Å². The monoisotopic (exact) mass is 675 g/mol. The molecule has 2 aromatic heterocycles. The van der Waals surface area contributed by atoms with E-state index in [1.165, 1.54) is 6.92 Å². The van der Waals surface area contributed by atoms with Gasteiger partial charge in [0.2, 0.25) is 5.60 Å². The highest BCUT2D eigenvalue weighted by atomic mass is 28.3. The normalized spacial score (nSPS) is 18.2. The summed E-state index contributed by atoms with van der Waals surface area (Å²) in [5.41, 5.74) is -0.812. The van der Waals surface area contributed by atoms with E-state index in [1.807, 2.05) is 19.2 Å². The van der Waals surface area contributed by atoms with Gasteiger partial charge >= 0.3 is 24.0 Å². The summed E-state index contributed by atoms with van der Waals surface area (Å²) in [6, 6.07) is 9.29. The van der Waals surface area contributed by atoms with Crippen LogP contribution in [0.2, 0.25) is 19.1 Å². The number of amides is 1. The Balaban J connectivity index is 1.59. The first-order chi connectivity index (χ1) is 22.5. The first-order valence-electron chi connectivity index (χ1n) is 15.9. The van der Waals surface area contributed by atoms with Crippen LogP contribution in [0.15, 0.2) is 47.8 Å². The average Bonchev–Trinajstić information content (AvgIpc) is 3.33. The van der Waals surface area contributed by atoms with E-state index in [1.54, 1.807) is 62.6 Å². The molecule has 12 nitrogen and oxygen atoms in total. The number of hydrogen-bond acceptors (Lipinski definition) is 10. The van der Waals surface area contributed by atoms with Gasteiger partial charge < -0.3 is 28.8 Å². The molecule has 254 valence electrons. The van der Waals surface area contributed by atoms with Gasteiger partial charge in [0.05, 0.1) is 35.4 Å². The summed E-state index contributed by atoms with van der Waals surface area (Å²) < 4.78 is 24.2. The number of esters is 3. The summed E-state index contributed by atoms with van der Waals surface area (Å²) in [6.07, 6.45) is 0.823. The second kappa shape index (κ2) is 12.7. The highest BCUT2D eigenvalue weighted by Gasteiger charge is 2.56. The zero-order chi connectivity index (χ0) is 35.2. The van der Waals surface area contributed by atoms with Gasteiger partial charge in [0.15, 0.2) is 0 Å². The Kier molecular flexibility index (Phi) is 9.12. The number of cyclic esters (lactones) is 1. The minimum absolute atomic E-state index is 0.0000547. The van der Waals surface area contributed by atoms with Crippen LogP contribution in [-0.4, -0.2) is 53.8 Å². The Hall–Kier alpha value is -4.78. The van der Waals surface area contributed by atoms with E-state index >= 15 is 0 Å². The lowest BCUT2D eigenvalue weighted by Crippen LogP contribution is -2.53. The van der Waals surface area contributed by atoms with Crippen molar-refractivity contribution in [3.05, 3.63) is 70.0 Å². The average molecular weight is 676 g/mol. The number of nitrogens with one attached hydrogen (secondary N) is 1. The molecule has 2 aliphatic rings. The third-order valence-corrected chi connectivity index (χ3v) is 11.6. The van der Waals surface area contributed by atoms with Gasteiger partial charge in [-0.2, -0.15) is 0 Å². The molecule has 1 aromatic carbocycles. The van der Waals surface area contributed by atoms with Crippen molar-refractivity contribution in [2.24, 2.45) is 0 Å². The van der Waals surface area contributed by atoms with E-state index < -0.39 is 49.0 Å². The van der Waals surface area contributed by atoms with E-state index in [9.17, 15) is 24.0 Å². The largest absolute Gasteiger partial charge is 0.458 e. The topological polar surface area (TPSA) is 152 Å². The molecule has 2 unspecified atom stereocenters. The molecular formula is C35H41N3O9Si. The van der Waals surface area contributed by atoms with E-state index in [0.717, 1.165) is 10.9 Å². The van der Waals surface area contributed by atoms with Gasteiger partial charge in [0, 0.05) is 30.0 Å². The van der Waals surface area contributed by atoms with Crippen LogP contribution in [0.25, 0.3) is 22.3 Å². The minimum Gasteiger partial charge on any atom is -0.458 e. The van der Waals surface area contributed by atoms with Crippen molar-refractivity contribution in [3.8, 4) is 17.1 Å². The van der Waals surface area contributed by atoms with Gasteiger partial charge in [-0.15, -0.1) is 6.58 Å². The molecule has 0 saturated carbocycles. The molecule has 5 rings (SSSR count). The summed E-state index contributed by atoms with van der Waals surface area (Å²) in [6.45, 7) is 16.2. The van der Waals surface area contributed by atoms with Crippen molar-refractivity contribution in [1.29, 1.82) is 0 Å². The maximum absolute atomic E-state index is 14.5. The second-order valence-corrected chi connectivity index (χ2v) is 18.7. The lowest BCUT2D eigenvalue weighted by molar-refractivity contribution is -0.190. The van der Waals surface area contributed by atoms with Gasteiger partial charge in [-0.1, -0.05) is 26.1 Å². The summed E-state index contributed by atoms with van der Waals surface area (Å²) in [4.78, 5) is 70.3. The predicted molar refractivity (Wildman–Crippen MR) is 180 cm³/mol. The minimum atomic E-state index is -2.50. The lowest BCUT2D eigenvalue weighted by atomic mass is 9.85. The van der Waals surface area contributed by atoms with Crippen LogP contribution >= 0.6 is 0 Å². The fourth-order valence-corrected chi connectivity index (χ4v) is 8.72. The zero-order valence-corrected chi connectivity index (χ0v) is 29.4. The number of fused-ring (bicyclic) bond motifs is 5. The summed E-state index contributed by atoms with van der Waals surface area (Å²) in [7, 11) is -2.50. The molecule has 0 fully saturated rings. The standard InChI is InChI=1S/C35H41N3O9Si/c1-9-15-48(7,8)31-28-24(35(10-2,32(42)45-31)46-27(40)13-14-36-33(43)47-34(4,5)6)18-26-29-22(19-38(26)30(28)41)16-21-17-23(44-20(3)39)11-12-25(21)37-29/h9,11-12,16-18,31H,1,10,13-15,19H2,2-8H3,(H,36,43). The molecule has 0 aliphatic carbocycles. The van der Waals surface area contributed by atoms with Crippen LogP contribution in [0, 0.1) is 0 Å². The number of hydrogen-bond donors (Lipinski definition) is 1. The molecule has 0 spiro atoms. The number of pyridine rings is 2. The Labute approximate surface area is 279 Å². The number of benzene rings is 1. The smallest absolute Gasteiger partial charge is 0.407 e. The highest BCUT2D eigenvalue weighted by Crippen LogP contribution is 2.47. The van der Waals surface area contributed by atoms with Crippen LogP contribution < -0.4 is 15.6 Å². The van der Waals surface area contributed by atoms with E-state index in [0.29, 0.717) is 28.7 Å². The fraction of sp³-hybridized carbons (Fsp3) is 0.429. The Morgan fingerprint density at radius 1 is 1.19 bits per heavy atom. The third kappa shape index (κ3) is 6.51. The van der Waals surface area contributed by atoms with Crippen molar-refractivity contribution in [3.63, 3.8) is 0 Å². The maximum atomic E-state index is 14.5.